The molecule has 2 aromatic rings. The molecule has 0 fully saturated rings. The number of methoxy groups -OCH3 is 2. The van der Waals surface area contributed by atoms with Gasteiger partial charge in [0, 0.05) is 39.0 Å². The van der Waals surface area contributed by atoms with Crippen LogP contribution in [0.1, 0.15) is 66.5 Å². The predicted octanol–water partition coefficient (Wildman–Crippen LogP) is 3.79. The molecule has 0 spiro atoms. The zero-order valence-electron chi connectivity index (χ0n) is 24.1. The van der Waals surface area contributed by atoms with Crippen LogP contribution in [0.4, 0.5) is 0 Å². The molecule has 2 unspecified atom stereocenters. The molecule has 2 atom stereocenters. The Morgan fingerprint density at radius 1 is 0.683 bits per heavy atom. The summed E-state index contributed by atoms with van der Waals surface area (Å²) in [5.74, 6) is -2.21. The van der Waals surface area contributed by atoms with Gasteiger partial charge in [-0.1, -0.05) is 13.8 Å². The van der Waals surface area contributed by atoms with Crippen molar-refractivity contribution >= 4 is 23.8 Å². The van der Waals surface area contributed by atoms with Crippen LogP contribution in [-0.2, 0) is 58.2 Å². The fraction of sp³-hybridized carbons (Fsp3) is 0.484. The Morgan fingerprint density at radius 2 is 1.02 bits per heavy atom. The average Bonchev–Trinajstić information content (AvgIpc) is 3.55. The molecule has 2 N–H and O–H groups in total. The topological polar surface area (TPSA) is 134 Å². The van der Waals surface area contributed by atoms with Crippen molar-refractivity contribution in [2.24, 2.45) is 11.8 Å². The Balaban J connectivity index is 1.40. The Kier molecular flexibility index (Phi) is 9.20. The van der Waals surface area contributed by atoms with E-state index in [1.165, 1.54) is 0 Å². The van der Waals surface area contributed by atoms with Crippen LogP contribution >= 0.6 is 0 Å². The summed E-state index contributed by atoms with van der Waals surface area (Å²) in [6.45, 7) is 4.88. The van der Waals surface area contributed by atoms with Gasteiger partial charge in [0.05, 0.1) is 26.1 Å². The van der Waals surface area contributed by atoms with Crippen molar-refractivity contribution < 1.29 is 38.9 Å². The number of carboxylic acid groups (broad SMARTS) is 2. The van der Waals surface area contributed by atoms with E-state index in [0.717, 1.165) is 64.1 Å². The number of aliphatic carboxylic acids is 2. The van der Waals surface area contributed by atoms with Gasteiger partial charge in [0.25, 0.3) is 0 Å². The van der Waals surface area contributed by atoms with E-state index in [0.29, 0.717) is 26.2 Å². The summed E-state index contributed by atoms with van der Waals surface area (Å²) in [7, 11) is 3.26. The van der Waals surface area contributed by atoms with Gasteiger partial charge in [-0.25, -0.2) is 0 Å². The molecule has 0 aliphatic carbocycles. The number of aryl methyl sites for hydroxylation is 2. The number of carbonyl (C=O) groups excluding carboxylic acids is 2. The molecule has 220 valence electrons. The summed E-state index contributed by atoms with van der Waals surface area (Å²) < 4.78 is 11.3. The van der Waals surface area contributed by atoms with Crippen molar-refractivity contribution in [1.82, 2.24) is 9.80 Å². The minimum atomic E-state index is -0.977. The molecule has 2 aliphatic rings. The van der Waals surface area contributed by atoms with E-state index in [9.17, 15) is 19.2 Å². The van der Waals surface area contributed by atoms with Crippen LogP contribution < -0.4 is 9.47 Å². The second-order valence-corrected chi connectivity index (χ2v) is 11.1. The van der Waals surface area contributed by atoms with Crippen molar-refractivity contribution in [1.29, 1.82) is 0 Å². The minimum absolute atomic E-state index is 0.0245. The molecule has 2 aliphatic heterocycles. The molecule has 41 heavy (non-hydrogen) atoms. The summed E-state index contributed by atoms with van der Waals surface area (Å²) in [6.07, 6.45) is 2.27. The third-order valence-electron chi connectivity index (χ3n) is 8.05. The molecule has 0 saturated heterocycles. The molecule has 2 heterocycles. The molecular formula is C31H38N2O8. The molecule has 2 aromatic carbocycles. The van der Waals surface area contributed by atoms with Gasteiger partial charge in [-0.15, -0.1) is 0 Å². The second-order valence-electron chi connectivity index (χ2n) is 11.1. The highest BCUT2D eigenvalue weighted by atomic mass is 16.5. The van der Waals surface area contributed by atoms with Crippen LogP contribution in [0.2, 0.25) is 0 Å². The first-order chi connectivity index (χ1) is 19.5. The zero-order valence-corrected chi connectivity index (χ0v) is 24.1. The fourth-order valence-electron chi connectivity index (χ4n) is 5.51. The highest BCUT2D eigenvalue weighted by Gasteiger charge is 2.29. The van der Waals surface area contributed by atoms with E-state index in [-0.39, 0.29) is 24.7 Å². The lowest BCUT2D eigenvalue weighted by Crippen LogP contribution is -2.28. The van der Waals surface area contributed by atoms with Crippen LogP contribution in [0.3, 0.4) is 0 Å². The standard InChI is InChI=1S/C31H38N2O8/c1-18(30(36)37)8-28(34)32-14-22-10-20(26(40-3)12-24(22)16-32)6-5-7-21-11-23-15-33(17-25(23)13-27(21)41-4)29(35)9-19(2)31(38)39/h10-13,18-19H,5-9,14-17H2,1-4H3,(H,36,37)(H,38,39). The minimum Gasteiger partial charge on any atom is -0.496 e. The maximum atomic E-state index is 12.6. The van der Waals surface area contributed by atoms with Gasteiger partial charge in [-0.3, -0.25) is 19.2 Å². The molecule has 2 amide bonds. The summed E-state index contributed by atoms with van der Waals surface area (Å²) in [4.78, 5) is 51.0. The third-order valence-corrected chi connectivity index (χ3v) is 8.05. The Morgan fingerprint density at radius 3 is 1.34 bits per heavy atom. The largest absolute Gasteiger partial charge is 0.496 e. The molecule has 0 bridgehead atoms. The van der Waals surface area contributed by atoms with E-state index in [2.05, 4.69) is 12.1 Å². The smallest absolute Gasteiger partial charge is 0.306 e. The average molecular weight is 567 g/mol. The van der Waals surface area contributed by atoms with E-state index in [1.807, 2.05) is 12.1 Å². The maximum absolute atomic E-state index is 12.6. The van der Waals surface area contributed by atoms with Crippen molar-refractivity contribution in [3.8, 4) is 11.5 Å². The molecule has 4 rings (SSSR count). The van der Waals surface area contributed by atoms with Crippen molar-refractivity contribution in [3.63, 3.8) is 0 Å². The summed E-state index contributed by atoms with van der Waals surface area (Å²) in [6, 6.07) is 8.13. The number of amides is 2. The third kappa shape index (κ3) is 6.81. The lowest BCUT2D eigenvalue weighted by Gasteiger charge is -2.16. The number of fused-ring (bicyclic) bond motifs is 2. The Hall–Kier alpha value is -4.08. The van der Waals surface area contributed by atoms with Crippen LogP contribution in [0, 0.1) is 11.8 Å². The van der Waals surface area contributed by atoms with Crippen LogP contribution in [0.5, 0.6) is 11.5 Å². The molecular weight excluding hydrogens is 528 g/mol. The van der Waals surface area contributed by atoms with Gasteiger partial charge < -0.3 is 29.5 Å². The number of rotatable bonds is 12. The molecule has 0 aromatic heterocycles. The summed E-state index contributed by atoms with van der Waals surface area (Å²) in [5.41, 5.74) is 6.22. The Bertz CT molecular complexity index is 1250. The van der Waals surface area contributed by atoms with Crippen LogP contribution in [-0.4, -0.2) is 58.0 Å². The summed E-state index contributed by atoms with van der Waals surface area (Å²) >= 11 is 0. The van der Waals surface area contributed by atoms with E-state index in [4.69, 9.17) is 19.7 Å². The van der Waals surface area contributed by atoms with Gasteiger partial charge in [0.2, 0.25) is 11.8 Å². The first kappa shape index (κ1) is 29.9. The van der Waals surface area contributed by atoms with Gasteiger partial charge in [0.1, 0.15) is 11.5 Å². The van der Waals surface area contributed by atoms with Gasteiger partial charge in [-0.2, -0.15) is 0 Å². The van der Waals surface area contributed by atoms with Crippen LogP contribution in [0.25, 0.3) is 0 Å². The highest BCUT2D eigenvalue weighted by Crippen LogP contribution is 2.34. The molecule has 10 heteroatoms. The number of benzene rings is 2. The van der Waals surface area contributed by atoms with Crippen molar-refractivity contribution in [2.75, 3.05) is 14.2 Å². The summed E-state index contributed by atoms with van der Waals surface area (Å²) in [5, 5.41) is 18.3. The van der Waals surface area contributed by atoms with E-state index >= 15 is 0 Å². The molecule has 0 radical (unpaired) electrons. The lowest BCUT2D eigenvalue weighted by molar-refractivity contribution is -0.145. The first-order valence-corrected chi connectivity index (χ1v) is 13.9. The number of hydrogen-bond acceptors (Lipinski definition) is 6. The number of nitrogens with zero attached hydrogens (tertiary/aromatic N) is 2. The molecule has 0 saturated carbocycles. The molecule has 10 nitrogen and oxygen atoms in total. The van der Waals surface area contributed by atoms with E-state index in [1.54, 1.807) is 37.9 Å². The van der Waals surface area contributed by atoms with Crippen molar-refractivity contribution in [3.05, 3.63) is 57.6 Å². The lowest BCUT2D eigenvalue weighted by atomic mass is 9.97. The number of carbonyl (C=O) groups is 4. The number of ether oxygens (including phenoxy) is 2. The monoisotopic (exact) mass is 566 g/mol. The Labute approximate surface area is 239 Å². The second kappa shape index (κ2) is 12.6. The normalized spacial score (nSPS) is 15.2. The van der Waals surface area contributed by atoms with Gasteiger partial charge in [-0.05, 0) is 76.9 Å². The maximum Gasteiger partial charge on any atom is 0.306 e. The van der Waals surface area contributed by atoms with Gasteiger partial charge >= 0.3 is 11.9 Å². The van der Waals surface area contributed by atoms with Gasteiger partial charge in [0.15, 0.2) is 0 Å². The van der Waals surface area contributed by atoms with Crippen LogP contribution in [0.15, 0.2) is 24.3 Å². The number of hydrogen-bond donors (Lipinski definition) is 2. The fourth-order valence-corrected chi connectivity index (χ4v) is 5.51. The predicted molar refractivity (Wildman–Crippen MR) is 149 cm³/mol. The zero-order chi connectivity index (χ0) is 29.8. The highest BCUT2D eigenvalue weighted by molar-refractivity contribution is 5.83. The quantitative estimate of drug-likeness (QED) is 0.397. The SMILES string of the molecule is COc1cc2c(cc1CCCc1cc3c(cc1OC)CN(C(=O)CC(C)C(=O)O)C3)CN(C(=O)CC(C)C(=O)O)C2. The number of carboxylic acids is 2. The van der Waals surface area contributed by atoms with E-state index < -0.39 is 23.8 Å². The van der Waals surface area contributed by atoms with Crippen molar-refractivity contribution in [2.45, 2.75) is 72.1 Å². The first-order valence-electron chi connectivity index (χ1n) is 13.9.